The molecule has 0 aromatic carbocycles. The maximum absolute atomic E-state index is 13.0. The topological polar surface area (TPSA) is 157 Å². The van der Waals surface area contributed by atoms with Gasteiger partial charge in [-0.1, -0.05) is 11.8 Å². The molecule has 1 aromatic rings. The van der Waals surface area contributed by atoms with Crippen LogP contribution in [0.2, 0.25) is 0 Å². The number of nitrogens with zero attached hydrogens (tertiary/aromatic N) is 4. The number of carbonyl (C=O) groups excluding carboxylic acids is 5. The molecule has 1 aromatic heterocycles. The third-order valence-electron chi connectivity index (χ3n) is 5.07. The minimum Gasteiger partial charge on any atom is -0.456 e. The summed E-state index contributed by atoms with van der Waals surface area (Å²) in [7, 11) is 0. The maximum Gasteiger partial charge on any atom is 0.303 e. The largest absolute Gasteiger partial charge is 0.456 e. The number of ether oxygens (including phenoxy) is 3. The average molecular weight is 496 g/mol. The molecule has 2 aliphatic rings. The van der Waals surface area contributed by atoms with Crippen molar-refractivity contribution >= 4 is 58.7 Å². The van der Waals surface area contributed by atoms with Gasteiger partial charge >= 0.3 is 11.9 Å². The lowest BCUT2D eigenvalue weighted by molar-refractivity contribution is -0.193. The third kappa shape index (κ3) is 4.82. The van der Waals surface area contributed by atoms with E-state index >= 15 is 0 Å². The number of fused-ring (bicyclic) bond motifs is 2. The quantitative estimate of drug-likeness (QED) is 0.351. The predicted octanol–water partition coefficient (Wildman–Crippen LogP) is 0.465. The number of carbonyl (C=O) groups is 5. The van der Waals surface area contributed by atoms with Crippen molar-refractivity contribution in [2.24, 2.45) is 0 Å². The van der Waals surface area contributed by atoms with Crippen LogP contribution in [0.5, 0.6) is 0 Å². The Labute approximate surface area is 199 Å². The zero-order valence-corrected chi connectivity index (χ0v) is 20.3. The van der Waals surface area contributed by atoms with E-state index < -0.39 is 54.1 Å². The fourth-order valence-electron chi connectivity index (χ4n) is 4.05. The number of rotatable bonds is 4. The minimum atomic E-state index is -1.19. The van der Waals surface area contributed by atoms with Crippen LogP contribution in [0.4, 0.5) is 17.3 Å². The summed E-state index contributed by atoms with van der Waals surface area (Å²) < 4.78 is 16.7. The highest BCUT2D eigenvalue weighted by molar-refractivity contribution is 7.98. The highest BCUT2D eigenvalue weighted by Crippen LogP contribution is 2.46. The van der Waals surface area contributed by atoms with E-state index in [4.69, 9.17) is 14.2 Å². The monoisotopic (exact) mass is 495 g/mol. The van der Waals surface area contributed by atoms with E-state index in [0.717, 1.165) is 0 Å². The first kappa shape index (κ1) is 25.4. The Morgan fingerprint density at radius 3 is 2.09 bits per heavy atom. The van der Waals surface area contributed by atoms with E-state index in [1.54, 1.807) is 6.26 Å². The van der Waals surface area contributed by atoms with Crippen molar-refractivity contribution in [3.63, 3.8) is 0 Å². The van der Waals surface area contributed by atoms with Crippen LogP contribution in [0.1, 0.15) is 34.6 Å². The summed E-state index contributed by atoms with van der Waals surface area (Å²) in [5.74, 6) is -2.80. The van der Waals surface area contributed by atoms with Crippen molar-refractivity contribution in [2.45, 2.75) is 64.3 Å². The number of nitrogens with one attached hydrogen (secondary N) is 1. The van der Waals surface area contributed by atoms with E-state index in [9.17, 15) is 24.0 Å². The van der Waals surface area contributed by atoms with Crippen LogP contribution in [0.3, 0.4) is 0 Å². The van der Waals surface area contributed by atoms with Gasteiger partial charge in [0.25, 0.3) is 0 Å². The van der Waals surface area contributed by atoms with Gasteiger partial charge in [0.1, 0.15) is 11.7 Å². The van der Waals surface area contributed by atoms with Crippen LogP contribution in [0.15, 0.2) is 5.16 Å². The van der Waals surface area contributed by atoms with Gasteiger partial charge in [-0.3, -0.25) is 33.8 Å². The second-order valence-electron chi connectivity index (χ2n) is 7.63. The first-order valence-electron chi connectivity index (χ1n) is 10.3. The SMILES string of the molecule is CSc1nc(NC(C)=O)c2c(n1)N(C(C)=O)[C@@H]1OC[C@@H](OC(C)=O)[C@@H](OC(C)=O)[C@@H]1N2C(C)=O. The average Bonchev–Trinajstić information content (AvgIpc) is 2.71. The summed E-state index contributed by atoms with van der Waals surface area (Å²) in [5.41, 5.74) is 0.0289. The van der Waals surface area contributed by atoms with Crippen molar-refractivity contribution < 1.29 is 38.2 Å². The molecule has 4 atom stereocenters. The summed E-state index contributed by atoms with van der Waals surface area (Å²) in [4.78, 5) is 72.6. The zero-order valence-electron chi connectivity index (χ0n) is 19.5. The molecular weight excluding hydrogens is 470 g/mol. The molecule has 184 valence electrons. The molecular formula is C20H25N5O8S. The third-order valence-corrected chi connectivity index (χ3v) is 5.62. The van der Waals surface area contributed by atoms with Gasteiger partial charge in [-0.05, 0) is 6.26 Å². The molecule has 13 nitrogen and oxygen atoms in total. The van der Waals surface area contributed by atoms with Crippen LogP contribution < -0.4 is 15.1 Å². The Morgan fingerprint density at radius 2 is 1.59 bits per heavy atom. The Morgan fingerprint density at radius 1 is 0.971 bits per heavy atom. The van der Waals surface area contributed by atoms with E-state index in [2.05, 4.69) is 15.3 Å². The number of amides is 3. The second-order valence-corrected chi connectivity index (χ2v) is 8.40. The van der Waals surface area contributed by atoms with Crippen molar-refractivity contribution in [3.05, 3.63) is 0 Å². The Balaban J connectivity index is 2.31. The number of esters is 2. The second kappa shape index (κ2) is 9.93. The van der Waals surface area contributed by atoms with Crippen LogP contribution in [-0.4, -0.2) is 77.0 Å². The minimum absolute atomic E-state index is 0.0158. The van der Waals surface area contributed by atoms with E-state index in [0.29, 0.717) is 0 Å². The molecule has 2 aliphatic heterocycles. The maximum atomic E-state index is 13.0. The van der Waals surface area contributed by atoms with Crippen molar-refractivity contribution in [1.82, 2.24) is 9.97 Å². The fourth-order valence-corrected chi connectivity index (χ4v) is 4.41. The van der Waals surface area contributed by atoms with Gasteiger partial charge < -0.3 is 19.5 Å². The van der Waals surface area contributed by atoms with Crippen LogP contribution in [-0.2, 0) is 38.2 Å². The number of thioether (sulfide) groups is 1. The summed E-state index contributed by atoms with van der Waals surface area (Å²) in [6.07, 6.45) is -1.66. The van der Waals surface area contributed by atoms with Gasteiger partial charge in [0, 0.05) is 34.6 Å². The number of hydrogen-bond acceptors (Lipinski definition) is 11. The first-order valence-corrected chi connectivity index (χ1v) is 11.5. The molecule has 1 saturated heterocycles. The van der Waals surface area contributed by atoms with Gasteiger partial charge in [-0.2, -0.15) is 0 Å². The van der Waals surface area contributed by atoms with Gasteiger partial charge in [0.2, 0.25) is 17.7 Å². The van der Waals surface area contributed by atoms with Crippen molar-refractivity contribution in [1.29, 1.82) is 0 Å². The molecule has 0 unspecified atom stereocenters. The fraction of sp³-hybridized carbons (Fsp3) is 0.550. The molecule has 0 bridgehead atoms. The molecule has 0 saturated carbocycles. The highest BCUT2D eigenvalue weighted by Gasteiger charge is 2.56. The summed E-state index contributed by atoms with van der Waals surface area (Å²) in [5, 5.41) is 2.81. The van der Waals surface area contributed by atoms with Crippen molar-refractivity contribution in [3.8, 4) is 0 Å². The Bertz CT molecular complexity index is 1050. The van der Waals surface area contributed by atoms with E-state index in [1.165, 1.54) is 56.2 Å². The first-order chi connectivity index (χ1) is 16.0. The predicted molar refractivity (Wildman–Crippen MR) is 119 cm³/mol. The lowest BCUT2D eigenvalue weighted by Crippen LogP contribution is -2.70. The standard InChI is InChI=1S/C20H25N5O8S/c1-8(26)21-17-15-18(23-20(22-17)34-6)25(10(3)28)19-14(24(15)9(2)27)16(33-12(5)30)13(7-31-19)32-11(4)29/h13-14,16,19H,7H2,1-6H3,(H,21,22,23,26)/t13-,14+,16-,19-/m1/s1. The molecule has 3 amide bonds. The van der Waals surface area contributed by atoms with Crippen molar-refractivity contribution in [2.75, 3.05) is 28.0 Å². The van der Waals surface area contributed by atoms with E-state index in [1.807, 2.05) is 0 Å². The molecule has 3 rings (SSSR count). The molecule has 0 aliphatic carbocycles. The molecule has 1 fully saturated rings. The summed E-state index contributed by atoms with van der Waals surface area (Å²) in [6, 6.07) is -1.13. The number of anilines is 3. The lowest BCUT2D eigenvalue weighted by Gasteiger charge is -2.52. The van der Waals surface area contributed by atoms with Gasteiger partial charge in [-0.25, -0.2) is 9.97 Å². The van der Waals surface area contributed by atoms with E-state index in [-0.39, 0.29) is 29.1 Å². The summed E-state index contributed by atoms with van der Waals surface area (Å²) in [6.45, 7) is 5.95. The zero-order chi connectivity index (χ0) is 25.3. The number of hydrogen-bond donors (Lipinski definition) is 1. The molecule has 0 spiro atoms. The summed E-state index contributed by atoms with van der Waals surface area (Å²) >= 11 is 1.17. The Kier molecular flexibility index (Phi) is 7.41. The number of aromatic nitrogens is 2. The molecule has 34 heavy (non-hydrogen) atoms. The normalized spacial score (nSPS) is 23.4. The molecule has 1 N–H and O–H groups in total. The van der Waals surface area contributed by atoms with Crippen LogP contribution in [0, 0.1) is 0 Å². The molecule has 3 heterocycles. The van der Waals surface area contributed by atoms with Crippen LogP contribution in [0.25, 0.3) is 0 Å². The Hall–Kier alpha value is -3.26. The highest BCUT2D eigenvalue weighted by atomic mass is 32.2. The molecule has 0 radical (unpaired) electrons. The molecule has 14 heteroatoms. The van der Waals surface area contributed by atoms with Crippen LogP contribution >= 0.6 is 11.8 Å². The van der Waals surface area contributed by atoms with Gasteiger partial charge in [0.15, 0.2) is 35.2 Å². The lowest BCUT2D eigenvalue weighted by atomic mass is 9.94. The van der Waals surface area contributed by atoms with Gasteiger partial charge in [-0.15, -0.1) is 0 Å². The smallest absolute Gasteiger partial charge is 0.303 e. The van der Waals surface area contributed by atoms with Gasteiger partial charge in [0.05, 0.1) is 6.61 Å².